The lowest BCUT2D eigenvalue weighted by atomic mass is 10.2. The Morgan fingerprint density at radius 2 is 2.15 bits per heavy atom. The SMILES string of the molecule is COCc1cccc(NCc2cc(C#N)n(C)c2C)c1. The van der Waals surface area contributed by atoms with E-state index in [4.69, 9.17) is 10.00 Å². The fourth-order valence-electron chi connectivity index (χ4n) is 2.18. The van der Waals surface area contributed by atoms with Crippen LogP contribution in [0, 0.1) is 18.3 Å². The molecule has 2 rings (SSSR count). The van der Waals surface area contributed by atoms with Crippen LogP contribution in [0.15, 0.2) is 30.3 Å². The Labute approximate surface area is 119 Å². The summed E-state index contributed by atoms with van der Waals surface area (Å²) >= 11 is 0. The highest BCUT2D eigenvalue weighted by atomic mass is 16.5. The van der Waals surface area contributed by atoms with Crippen LogP contribution in [0.2, 0.25) is 0 Å². The highest BCUT2D eigenvalue weighted by Gasteiger charge is 2.08. The number of hydrogen-bond acceptors (Lipinski definition) is 3. The van der Waals surface area contributed by atoms with Crippen molar-refractivity contribution in [1.82, 2.24) is 4.57 Å². The van der Waals surface area contributed by atoms with Gasteiger partial charge in [-0.1, -0.05) is 12.1 Å². The minimum Gasteiger partial charge on any atom is -0.381 e. The van der Waals surface area contributed by atoms with Gasteiger partial charge in [0.05, 0.1) is 6.61 Å². The topological polar surface area (TPSA) is 50.0 Å². The van der Waals surface area contributed by atoms with Crippen LogP contribution < -0.4 is 5.32 Å². The minimum absolute atomic E-state index is 0.610. The highest BCUT2D eigenvalue weighted by Crippen LogP contribution is 2.17. The summed E-state index contributed by atoms with van der Waals surface area (Å²) in [6.45, 7) is 3.34. The molecule has 0 radical (unpaired) electrons. The maximum absolute atomic E-state index is 9.03. The molecule has 4 heteroatoms. The van der Waals surface area contributed by atoms with Crippen molar-refractivity contribution in [3.63, 3.8) is 0 Å². The second kappa shape index (κ2) is 6.27. The number of nitrogens with zero attached hydrogens (tertiary/aromatic N) is 2. The molecule has 0 atom stereocenters. The van der Waals surface area contributed by atoms with Crippen LogP contribution >= 0.6 is 0 Å². The van der Waals surface area contributed by atoms with Crippen molar-refractivity contribution < 1.29 is 4.74 Å². The van der Waals surface area contributed by atoms with Gasteiger partial charge in [-0.2, -0.15) is 5.26 Å². The Bertz CT molecular complexity index is 638. The number of nitrogens with one attached hydrogen (secondary N) is 1. The Morgan fingerprint density at radius 1 is 1.35 bits per heavy atom. The molecule has 0 spiro atoms. The molecular weight excluding hydrogens is 250 g/mol. The molecule has 0 saturated carbocycles. The summed E-state index contributed by atoms with van der Waals surface area (Å²) in [6.07, 6.45) is 0. The Balaban J connectivity index is 2.09. The molecule has 0 unspecified atom stereocenters. The van der Waals surface area contributed by atoms with Gasteiger partial charge < -0.3 is 14.6 Å². The molecule has 2 aromatic rings. The quantitative estimate of drug-likeness (QED) is 0.908. The summed E-state index contributed by atoms with van der Waals surface area (Å²) in [5, 5.41) is 12.4. The minimum atomic E-state index is 0.610. The van der Waals surface area contributed by atoms with Crippen LogP contribution in [0.3, 0.4) is 0 Å². The first-order chi connectivity index (χ1) is 9.65. The van der Waals surface area contributed by atoms with E-state index < -0.39 is 0 Å². The van der Waals surface area contributed by atoms with Crippen molar-refractivity contribution in [1.29, 1.82) is 5.26 Å². The number of ether oxygens (including phenoxy) is 1. The first-order valence-corrected chi connectivity index (χ1v) is 6.52. The molecule has 4 nitrogen and oxygen atoms in total. The van der Waals surface area contributed by atoms with Crippen molar-refractivity contribution in [2.24, 2.45) is 7.05 Å². The third kappa shape index (κ3) is 3.01. The molecule has 1 aromatic carbocycles. The van der Waals surface area contributed by atoms with E-state index in [1.807, 2.05) is 42.8 Å². The number of benzene rings is 1. The standard InChI is InChI=1S/C16H19N3O/c1-12-14(8-16(9-17)19(12)2)10-18-15-6-4-5-13(7-15)11-20-3/h4-8,18H,10-11H2,1-3H3. The van der Waals surface area contributed by atoms with Crippen molar-refractivity contribution in [2.45, 2.75) is 20.1 Å². The molecule has 0 aliphatic heterocycles. The summed E-state index contributed by atoms with van der Waals surface area (Å²) in [5.41, 5.74) is 5.14. The van der Waals surface area contributed by atoms with Crippen LogP contribution in [0.25, 0.3) is 0 Å². The molecule has 0 amide bonds. The zero-order valence-electron chi connectivity index (χ0n) is 12.1. The first kappa shape index (κ1) is 14.2. The van der Waals surface area contributed by atoms with E-state index in [2.05, 4.69) is 17.5 Å². The highest BCUT2D eigenvalue weighted by molar-refractivity contribution is 5.47. The van der Waals surface area contributed by atoms with Crippen LogP contribution in [0.4, 0.5) is 5.69 Å². The average Bonchev–Trinajstić information content (AvgIpc) is 2.73. The summed E-state index contributed by atoms with van der Waals surface area (Å²) in [7, 11) is 3.60. The normalized spacial score (nSPS) is 10.3. The molecule has 0 fully saturated rings. The predicted molar refractivity (Wildman–Crippen MR) is 79.3 cm³/mol. The zero-order valence-corrected chi connectivity index (χ0v) is 12.1. The molecule has 0 bridgehead atoms. The second-order valence-electron chi connectivity index (χ2n) is 4.80. The lowest BCUT2D eigenvalue weighted by Crippen LogP contribution is -2.02. The molecule has 1 aromatic heterocycles. The van der Waals surface area contributed by atoms with Gasteiger partial charge in [0.1, 0.15) is 11.8 Å². The molecule has 1 N–H and O–H groups in total. The third-order valence-corrected chi connectivity index (χ3v) is 3.48. The lowest BCUT2D eigenvalue weighted by molar-refractivity contribution is 0.185. The fourth-order valence-corrected chi connectivity index (χ4v) is 2.18. The van der Waals surface area contributed by atoms with Crippen molar-refractivity contribution in [2.75, 3.05) is 12.4 Å². The molecule has 0 aliphatic carbocycles. The van der Waals surface area contributed by atoms with Crippen molar-refractivity contribution >= 4 is 5.69 Å². The van der Waals surface area contributed by atoms with Crippen LogP contribution in [-0.2, 0) is 24.9 Å². The van der Waals surface area contributed by atoms with Gasteiger partial charge in [0.15, 0.2) is 0 Å². The van der Waals surface area contributed by atoms with Gasteiger partial charge in [-0.3, -0.25) is 0 Å². The van der Waals surface area contributed by atoms with Crippen LogP contribution in [-0.4, -0.2) is 11.7 Å². The largest absolute Gasteiger partial charge is 0.381 e. The number of hydrogen-bond donors (Lipinski definition) is 1. The summed E-state index contributed by atoms with van der Waals surface area (Å²) in [5.74, 6) is 0. The van der Waals surface area contributed by atoms with Gasteiger partial charge in [-0.25, -0.2) is 0 Å². The van der Waals surface area contributed by atoms with Crippen molar-refractivity contribution in [3.8, 4) is 6.07 Å². The third-order valence-electron chi connectivity index (χ3n) is 3.48. The number of rotatable bonds is 5. The zero-order chi connectivity index (χ0) is 14.5. The second-order valence-corrected chi connectivity index (χ2v) is 4.80. The Hall–Kier alpha value is -2.25. The maximum Gasteiger partial charge on any atom is 0.120 e. The van der Waals surface area contributed by atoms with Gasteiger partial charge in [0, 0.05) is 32.1 Å². The van der Waals surface area contributed by atoms with E-state index in [1.165, 1.54) is 0 Å². The smallest absolute Gasteiger partial charge is 0.120 e. The monoisotopic (exact) mass is 269 g/mol. The molecular formula is C16H19N3O. The van der Waals surface area contributed by atoms with Gasteiger partial charge in [-0.15, -0.1) is 0 Å². The molecule has 0 aliphatic rings. The summed E-state index contributed by atoms with van der Waals surface area (Å²) < 4.78 is 7.05. The van der Waals surface area contributed by atoms with Gasteiger partial charge >= 0.3 is 0 Å². The van der Waals surface area contributed by atoms with E-state index in [0.29, 0.717) is 18.8 Å². The van der Waals surface area contributed by atoms with Gasteiger partial charge in [0.2, 0.25) is 0 Å². The van der Waals surface area contributed by atoms with E-state index >= 15 is 0 Å². The molecule has 104 valence electrons. The Morgan fingerprint density at radius 3 is 2.80 bits per heavy atom. The van der Waals surface area contributed by atoms with E-state index in [9.17, 15) is 0 Å². The summed E-state index contributed by atoms with van der Waals surface area (Å²) in [4.78, 5) is 0. The van der Waals surface area contributed by atoms with E-state index in [-0.39, 0.29) is 0 Å². The van der Waals surface area contributed by atoms with Gasteiger partial charge in [-0.05, 0) is 36.2 Å². The molecule has 20 heavy (non-hydrogen) atoms. The van der Waals surface area contributed by atoms with Crippen molar-refractivity contribution in [3.05, 3.63) is 52.8 Å². The van der Waals surface area contributed by atoms with Gasteiger partial charge in [0.25, 0.3) is 0 Å². The fraction of sp³-hybridized carbons (Fsp3) is 0.312. The average molecular weight is 269 g/mol. The maximum atomic E-state index is 9.03. The number of nitriles is 1. The van der Waals surface area contributed by atoms with Crippen LogP contribution in [0.1, 0.15) is 22.5 Å². The predicted octanol–water partition coefficient (Wildman–Crippen LogP) is 2.96. The van der Waals surface area contributed by atoms with E-state index in [0.717, 1.165) is 22.5 Å². The number of anilines is 1. The van der Waals surface area contributed by atoms with E-state index in [1.54, 1.807) is 7.11 Å². The lowest BCUT2D eigenvalue weighted by Gasteiger charge is -2.08. The number of aromatic nitrogens is 1. The molecule has 1 heterocycles. The first-order valence-electron chi connectivity index (χ1n) is 6.52. The Kier molecular flexibility index (Phi) is 4.44. The summed E-state index contributed by atoms with van der Waals surface area (Å²) in [6, 6.07) is 12.3. The number of methoxy groups -OCH3 is 1. The molecule has 0 saturated heterocycles. The van der Waals surface area contributed by atoms with Crippen LogP contribution in [0.5, 0.6) is 0 Å².